The van der Waals surface area contributed by atoms with Gasteiger partial charge in [-0.25, -0.2) is 15.0 Å². The molecular weight excluding hydrogens is 647 g/mol. The van der Waals surface area contributed by atoms with Gasteiger partial charge in [0.25, 0.3) is 0 Å². The van der Waals surface area contributed by atoms with Crippen LogP contribution in [0.15, 0.2) is 180 Å². The molecule has 0 atom stereocenters. The van der Waals surface area contributed by atoms with E-state index >= 15 is 0 Å². The molecule has 9 aromatic carbocycles. The number of hydrogen-bond acceptors (Lipinski definition) is 4. The maximum absolute atomic E-state index is 6.63. The molecule has 11 aromatic rings. The normalized spacial score (nSPS) is 11.8. The fourth-order valence-electron chi connectivity index (χ4n) is 7.75. The second-order valence-corrected chi connectivity index (χ2v) is 13.7. The minimum absolute atomic E-state index is 0.609. The van der Waals surface area contributed by atoms with Gasteiger partial charge in [0, 0.05) is 32.8 Å². The first-order valence-corrected chi connectivity index (χ1v) is 17.8. The highest BCUT2D eigenvalue weighted by Gasteiger charge is 2.18. The molecule has 0 radical (unpaired) electrons. The zero-order valence-corrected chi connectivity index (χ0v) is 28.5. The van der Waals surface area contributed by atoms with Crippen LogP contribution in [0.1, 0.15) is 0 Å². The summed E-state index contributed by atoms with van der Waals surface area (Å²) in [6.45, 7) is 0. The van der Waals surface area contributed by atoms with Crippen molar-refractivity contribution in [3.63, 3.8) is 0 Å². The van der Waals surface area contributed by atoms with Crippen LogP contribution in [0.5, 0.6) is 0 Å². The van der Waals surface area contributed by atoms with Crippen LogP contribution in [0, 0.1) is 0 Å². The number of hydrogen-bond donors (Lipinski definition) is 0. The highest BCUT2D eigenvalue weighted by atomic mass is 16.3. The van der Waals surface area contributed by atoms with Gasteiger partial charge >= 0.3 is 0 Å². The Hall–Kier alpha value is -7.17. The molecule has 4 heteroatoms. The van der Waals surface area contributed by atoms with Crippen LogP contribution in [-0.4, -0.2) is 15.0 Å². The molecule has 0 aliphatic heterocycles. The fraction of sp³-hybridized carbons (Fsp3) is 0. The van der Waals surface area contributed by atoms with Crippen molar-refractivity contribution in [3.05, 3.63) is 176 Å². The van der Waals surface area contributed by atoms with Crippen molar-refractivity contribution in [1.29, 1.82) is 0 Å². The molecule has 0 aliphatic rings. The number of furan rings is 1. The molecule has 53 heavy (non-hydrogen) atoms. The number of nitrogens with zero attached hydrogens (tertiary/aromatic N) is 3. The summed E-state index contributed by atoms with van der Waals surface area (Å²) < 4.78 is 6.63. The van der Waals surface area contributed by atoms with E-state index in [0.29, 0.717) is 17.5 Å². The summed E-state index contributed by atoms with van der Waals surface area (Å²) in [5, 5.41) is 11.4. The van der Waals surface area contributed by atoms with Crippen molar-refractivity contribution < 1.29 is 4.42 Å². The summed E-state index contributed by atoms with van der Waals surface area (Å²) in [7, 11) is 0. The van der Waals surface area contributed by atoms with Crippen molar-refractivity contribution >= 4 is 65.0 Å². The number of rotatable bonds is 4. The maximum atomic E-state index is 6.63. The first-order chi connectivity index (χ1) is 26.2. The van der Waals surface area contributed by atoms with Crippen molar-refractivity contribution in [3.8, 4) is 45.3 Å². The quantitative estimate of drug-likeness (QED) is 0.186. The van der Waals surface area contributed by atoms with E-state index in [9.17, 15) is 0 Å². The summed E-state index contributed by atoms with van der Waals surface area (Å²) in [5.41, 5.74) is 6.82. The number of benzene rings is 9. The van der Waals surface area contributed by atoms with Crippen LogP contribution < -0.4 is 0 Å². The van der Waals surface area contributed by atoms with Crippen LogP contribution in [0.25, 0.3) is 110 Å². The standard InChI is InChI=1S/C49H29N3O/c1-4-12-33-25-36(20-17-30(33)9-1)42-29-44-43-28-39(23-24-45(43)53-46(44)41-16-8-7-15-40(41)42)49-51-47(37-21-18-31-10-2-5-13-34(31)26-37)50-48(52-49)38-22-19-32-11-3-6-14-35(32)27-38/h1-29H. The Kier molecular flexibility index (Phi) is 6.52. The van der Waals surface area contributed by atoms with Gasteiger partial charge in [0.1, 0.15) is 11.2 Å². The molecule has 0 aliphatic carbocycles. The fourth-order valence-corrected chi connectivity index (χ4v) is 7.75. The average Bonchev–Trinajstić information content (AvgIpc) is 3.61. The van der Waals surface area contributed by atoms with Gasteiger partial charge in [-0.15, -0.1) is 0 Å². The zero-order chi connectivity index (χ0) is 34.9. The average molecular weight is 676 g/mol. The van der Waals surface area contributed by atoms with E-state index in [-0.39, 0.29) is 0 Å². The molecule has 2 heterocycles. The van der Waals surface area contributed by atoms with E-state index in [2.05, 4.69) is 170 Å². The molecule has 0 bridgehead atoms. The Morgan fingerprint density at radius 1 is 0.302 bits per heavy atom. The Balaban J connectivity index is 1.12. The number of aromatic nitrogens is 3. The van der Waals surface area contributed by atoms with E-state index in [4.69, 9.17) is 19.4 Å². The third kappa shape index (κ3) is 4.95. The lowest BCUT2D eigenvalue weighted by Crippen LogP contribution is -2.00. The lowest BCUT2D eigenvalue weighted by Gasteiger charge is -2.10. The van der Waals surface area contributed by atoms with Crippen molar-refractivity contribution in [2.45, 2.75) is 0 Å². The van der Waals surface area contributed by atoms with Crippen LogP contribution in [0.4, 0.5) is 0 Å². The molecule has 11 rings (SSSR count). The summed E-state index contributed by atoms with van der Waals surface area (Å²) in [4.78, 5) is 15.3. The van der Waals surface area contributed by atoms with Gasteiger partial charge in [-0.3, -0.25) is 0 Å². The first kappa shape index (κ1) is 29.5. The van der Waals surface area contributed by atoms with Crippen molar-refractivity contribution in [2.24, 2.45) is 0 Å². The predicted octanol–water partition coefficient (Wildman–Crippen LogP) is 13.1. The predicted molar refractivity (Wildman–Crippen MR) is 219 cm³/mol. The monoisotopic (exact) mass is 675 g/mol. The molecule has 0 saturated carbocycles. The minimum Gasteiger partial charge on any atom is -0.455 e. The molecule has 0 saturated heterocycles. The van der Waals surface area contributed by atoms with E-state index < -0.39 is 0 Å². The lowest BCUT2D eigenvalue weighted by atomic mass is 9.94. The molecule has 246 valence electrons. The summed E-state index contributed by atoms with van der Waals surface area (Å²) in [5.74, 6) is 1.87. The van der Waals surface area contributed by atoms with Gasteiger partial charge in [-0.2, -0.15) is 0 Å². The van der Waals surface area contributed by atoms with Crippen LogP contribution in [-0.2, 0) is 0 Å². The van der Waals surface area contributed by atoms with E-state index in [0.717, 1.165) is 60.2 Å². The Labute approximate surface area is 304 Å². The number of fused-ring (bicyclic) bond motifs is 8. The van der Waals surface area contributed by atoms with E-state index in [1.54, 1.807) is 0 Å². The van der Waals surface area contributed by atoms with Gasteiger partial charge in [0.2, 0.25) is 0 Å². The molecular formula is C49H29N3O. The second-order valence-electron chi connectivity index (χ2n) is 13.7. The van der Waals surface area contributed by atoms with Crippen LogP contribution in [0.3, 0.4) is 0 Å². The summed E-state index contributed by atoms with van der Waals surface area (Å²) in [6.07, 6.45) is 0. The van der Waals surface area contributed by atoms with Gasteiger partial charge in [-0.05, 0) is 91.3 Å². The maximum Gasteiger partial charge on any atom is 0.164 e. The summed E-state index contributed by atoms with van der Waals surface area (Å²) in [6, 6.07) is 61.8. The topological polar surface area (TPSA) is 51.8 Å². The largest absolute Gasteiger partial charge is 0.455 e. The smallest absolute Gasteiger partial charge is 0.164 e. The SMILES string of the molecule is c1ccc2cc(-c3nc(-c4ccc5ccccc5c4)nc(-c4ccc5oc6c7ccccc7c(-c7ccc8ccccc8c7)cc6c5c4)n3)ccc2c1. The highest BCUT2D eigenvalue weighted by molar-refractivity contribution is 6.19. The van der Waals surface area contributed by atoms with Gasteiger partial charge in [-0.1, -0.05) is 133 Å². The molecule has 2 aromatic heterocycles. The molecule has 0 N–H and O–H groups in total. The molecule has 0 spiro atoms. The second kappa shape index (κ2) is 11.7. The van der Waals surface area contributed by atoms with Crippen LogP contribution >= 0.6 is 0 Å². The highest BCUT2D eigenvalue weighted by Crippen LogP contribution is 2.41. The van der Waals surface area contributed by atoms with E-state index in [1.165, 1.54) is 32.7 Å². The minimum atomic E-state index is 0.609. The Morgan fingerprint density at radius 3 is 1.30 bits per heavy atom. The van der Waals surface area contributed by atoms with Crippen LogP contribution in [0.2, 0.25) is 0 Å². The third-order valence-electron chi connectivity index (χ3n) is 10.4. The van der Waals surface area contributed by atoms with Crippen molar-refractivity contribution in [1.82, 2.24) is 15.0 Å². The summed E-state index contributed by atoms with van der Waals surface area (Å²) >= 11 is 0. The molecule has 4 nitrogen and oxygen atoms in total. The van der Waals surface area contributed by atoms with Gasteiger partial charge in [0.05, 0.1) is 0 Å². The van der Waals surface area contributed by atoms with Gasteiger partial charge < -0.3 is 4.42 Å². The molecule has 0 unspecified atom stereocenters. The Bertz CT molecular complexity index is 3150. The third-order valence-corrected chi connectivity index (χ3v) is 10.4. The molecule has 0 fully saturated rings. The Morgan fingerprint density at radius 2 is 0.736 bits per heavy atom. The van der Waals surface area contributed by atoms with E-state index in [1.807, 2.05) is 6.07 Å². The first-order valence-electron chi connectivity index (χ1n) is 17.8. The molecule has 0 amide bonds. The zero-order valence-electron chi connectivity index (χ0n) is 28.5. The van der Waals surface area contributed by atoms with Crippen molar-refractivity contribution in [2.75, 3.05) is 0 Å². The van der Waals surface area contributed by atoms with Gasteiger partial charge in [0.15, 0.2) is 17.5 Å². The lowest BCUT2D eigenvalue weighted by molar-refractivity contribution is 0.672.